The Labute approximate surface area is 124 Å². The summed E-state index contributed by atoms with van der Waals surface area (Å²) in [6.45, 7) is 9.95. The van der Waals surface area contributed by atoms with Gasteiger partial charge in [-0.25, -0.2) is 9.59 Å². The molecule has 1 aliphatic rings. The molecule has 21 heavy (non-hydrogen) atoms. The van der Waals surface area contributed by atoms with Crippen molar-refractivity contribution in [1.82, 2.24) is 4.90 Å². The van der Waals surface area contributed by atoms with E-state index in [0.717, 1.165) is 4.90 Å². The molecule has 1 atom stereocenters. The van der Waals surface area contributed by atoms with E-state index in [2.05, 4.69) is 0 Å². The summed E-state index contributed by atoms with van der Waals surface area (Å²) in [6.07, 6.45) is -0.959. The van der Waals surface area contributed by atoms with Crippen molar-refractivity contribution in [2.45, 2.75) is 65.2 Å². The summed E-state index contributed by atoms with van der Waals surface area (Å²) in [5.74, 6) is -1.20. The molecule has 1 aliphatic heterocycles. The standard InChI is InChI=1S/C14H23NO6/c1-13(2,3)20-11(17)9-7-10(16)19-8-15(9)12(18)21-14(4,5)6/h9H,7-8H2,1-6H3/t9-/m0/s1. The van der Waals surface area contributed by atoms with Crippen LogP contribution in [-0.4, -0.2) is 46.9 Å². The SMILES string of the molecule is CC(C)(C)OC(=O)[C@@H]1CC(=O)OCN1C(=O)OC(C)(C)C. The molecular formula is C14H23NO6. The fraction of sp³-hybridized carbons (Fsp3) is 0.786. The second-order valence-corrected chi connectivity index (χ2v) is 6.85. The van der Waals surface area contributed by atoms with Crippen molar-refractivity contribution in [2.24, 2.45) is 0 Å². The Hall–Kier alpha value is -1.79. The van der Waals surface area contributed by atoms with Gasteiger partial charge in [0, 0.05) is 0 Å². The lowest BCUT2D eigenvalue weighted by atomic mass is 10.1. The van der Waals surface area contributed by atoms with Crippen molar-refractivity contribution in [3.05, 3.63) is 0 Å². The van der Waals surface area contributed by atoms with Gasteiger partial charge in [0.15, 0.2) is 6.73 Å². The van der Waals surface area contributed by atoms with E-state index in [1.807, 2.05) is 0 Å². The van der Waals surface area contributed by atoms with Gasteiger partial charge in [-0.3, -0.25) is 9.69 Å². The Morgan fingerprint density at radius 1 is 1.10 bits per heavy atom. The minimum atomic E-state index is -1.03. The minimum absolute atomic E-state index is 0.242. The molecule has 7 heteroatoms. The Kier molecular flexibility index (Phi) is 4.86. The molecule has 1 heterocycles. The number of ether oxygens (including phenoxy) is 3. The first-order valence-corrected chi connectivity index (χ1v) is 6.77. The Morgan fingerprint density at radius 3 is 2.10 bits per heavy atom. The number of hydrogen-bond acceptors (Lipinski definition) is 6. The largest absolute Gasteiger partial charge is 0.458 e. The molecule has 0 aliphatic carbocycles. The predicted octanol–water partition coefficient (Wildman–Crippen LogP) is 1.84. The molecule has 0 N–H and O–H groups in total. The van der Waals surface area contributed by atoms with Crippen LogP contribution < -0.4 is 0 Å². The van der Waals surface area contributed by atoms with Gasteiger partial charge in [0.25, 0.3) is 0 Å². The number of carbonyl (C=O) groups excluding carboxylic acids is 3. The molecule has 0 aromatic carbocycles. The number of hydrogen-bond donors (Lipinski definition) is 0. The third-order valence-corrected chi connectivity index (χ3v) is 2.41. The van der Waals surface area contributed by atoms with Crippen LogP contribution in [0, 0.1) is 0 Å². The van der Waals surface area contributed by atoms with Gasteiger partial charge in [-0.2, -0.15) is 0 Å². The molecule has 0 unspecified atom stereocenters. The molecular weight excluding hydrogens is 278 g/mol. The number of amides is 1. The smallest absolute Gasteiger partial charge is 0.413 e. The van der Waals surface area contributed by atoms with Crippen LogP contribution in [0.5, 0.6) is 0 Å². The van der Waals surface area contributed by atoms with Crippen LogP contribution in [0.1, 0.15) is 48.0 Å². The highest BCUT2D eigenvalue weighted by Gasteiger charge is 2.41. The Balaban J connectivity index is 2.86. The van der Waals surface area contributed by atoms with E-state index in [1.54, 1.807) is 41.5 Å². The van der Waals surface area contributed by atoms with Gasteiger partial charge in [-0.05, 0) is 41.5 Å². The topological polar surface area (TPSA) is 82.1 Å². The van der Waals surface area contributed by atoms with Crippen LogP contribution in [0.15, 0.2) is 0 Å². The predicted molar refractivity (Wildman–Crippen MR) is 73.3 cm³/mol. The number of cyclic esters (lactones) is 1. The molecule has 1 amide bonds. The van der Waals surface area contributed by atoms with Crippen molar-refractivity contribution in [3.63, 3.8) is 0 Å². The van der Waals surface area contributed by atoms with Crippen molar-refractivity contribution in [3.8, 4) is 0 Å². The summed E-state index contributed by atoms with van der Waals surface area (Å²) in [4.78, 5) is 36.7. The second-order valence-electron chi connectivity index (χ2n) is 6.85. The molecule has 1 saturated heterocycles. The van der Waals surface area contributed by atoms with Gasteiger partial charge in [0.05, 0.1) is 6.42 Å². The Bertz CT molecular complexity index is 432. The summed E-state index contributed by atoms with van der Waals surface area (Å²) in [5.41, 5.74) is -1.42. The fourth-order valence-electron chi connectivity index (χ4n) is 1.64. The lowest BCUT2D eigenvalue weighted by Gasteiger charge is -2.35. The second kappa shape index (κ2) is 5.91. The lowest BCUT2D eigenvalue weighted by molar-refractivity contribution is -0.176. The van der Waals surface area contributed by atoms with E-state index in [4.69, 9.17) is 14.2 Å². The number of esters is 2. The Morgan fingerprint density at radius 2 is 1.62 bits per heavy atom. The van der Waals surface area contributed by atoms with Crippen molar-refractivity contribution in [1.29, 1.82) is 0 Å². The summed E-state index contributed by atoms with van der Waals surface area (Å²) >= 11 is 0. The summed E-state index contributed by atoms with van der Waals surface area (Å²) in [5, 5.41) is 0. The normalized spacial score (nSPS) is 19.8. The van der Waals surface area contributed by atoms with Gasteiger partial charge in [0.1, 0.15) is 17.2 Å². The lowest BCUT2D eigenvalue weighted by Crippen LogP contribution is -2.54. The average Bonchev–Trinajstić information content (AvgIpc) is 2.23. The quantitative estimate of drug-likeness (QED) is 0.543. The van der Waals surface area contributed by atoms with Gasteiger partial charge < -0.3 is 14.2 Å². The van der Waals surface area contributed by atoms with Crippen LogP contribution in [-0.2, 0) is 23.8 Å². The zero-order valence-electron chi connectivity index (χ0n) is 13.4. The molecule has 0 radical (unpaired) electrons. The van der Waals surface area contributed by atoms with Crippen LogP contribution >= 0.6 is 0 Å². The van der Waals surface area contributed by atoms with Crippen LogP contribution in [0.4, 0.5) is 4.79 Å². The first-order valence-electron chi connectivity index (χ1n) is 6.77. The maximum Gasteiger partial charge on any atom is 0.413 e. The van der Waals surface area contributed by atoms with Crippen LogP contribution in [0.25, 0.3) is 0 Å². The molecule has 1 fully saturated rings. The average molecular weight is 301 g/mol. The van der Waals surface area contributed by atoms with Crippen molar-refractivity contribution < 1.29 is 28.6 Å². The molecule has 7 nitrogen and oxygen atoms in total. The van der Waals surface area contributed by atoms with Gasteiger partial charge in [-0.1, -0.05) is 0 Å². The highest BCUT2D eigenvalue weighted by atomic mass is 16.6. The fourth-order valence-corrected chi connectivity index (χ4v) is 1.64. The third-order valence-electron chi connectivity index (χ3n) is 2.41. The van der Waals surface area contributed by atoms with Crippen molar-refractivity contribution in [2.75, 3.05) is 6.73 Å². The summed E-state index contributed by atoms with van der Waals surface area (Å²) in [7, 11) is 0. The third kappa shape index (κ3) is 5.61. The van der Waals surface area contributed by atoms with Crippen molar-refractivity contribution >= 4 is 18.0 Å². The zero-order chi connectivity index (χ0) is 16.4. The van der Waals surface area contributed by atoms with E-state index in [9.17, 15) is 14.4 Å². The zero-order valence-corrected chi connectivity index (χ0v) is 13.4. The van der Waals surface area contributed by atoms with E-state index in [-0.39, 0.29) is 13.2 Å². The number of rotatable bonds is 1. The number of carbonyl (C=O) groups is 3. The summed E-state index contributed by atoms with van der Waals surface area (Å²) < 4.78 is 15.3. The molecule has 0 spiro atoms. The first-order chi connectivity index (χ1) is 9.39. The van der Waals surface area contributed by atoms with E-state index in [1.165, 1.54) is 0 Å². The van der Waals surface area contributed by atoms with E-state index in [0.29, 0.717) is 0 Å². The molecule has 1 rings (SSSR count). The van der Waals surface area contributed by atoms with Crippen LogP contribution in [0.2, 0.25) is 0 Å². The highest BCUT2D eigenvalue weighted by molar-refractivity contribution is 5.87. The maximum atomic E-state index is 12.2. The van der Waals surface area contributed by atoms with Gasteiger partial charge in [-0.15, -0.1) is 0 Å². The molecule has 120 valence electrons. The summed E-state index contributed by atoms with van der Waals surface area (Å²) in [6, 6.07) is -1.03. The number of nitrogens with zero attached hydrogens (tertiary/aromatic N) is 1. The van der Waals surface area contributed by atoms with E-state index < -0.39 is 35.3 Å². The molecule has 0 bridgehead atoms. The monoisotopic (exact) mass is 301 g/mol. The molecule has 0 saturated carbocycles. The van der Waals surface area contributed by atoms with Gasteiger partial charge >= 0.3 is 18.0 Å². The van der Waals surface area contributed by atoms with E-state index >= 15 is 0 Å². The highest BCUT2D eigenvalue weighted by Crippen LogP contribution is 2.20. The molecule has 0 aromatic rings. The first kappa shape index (κ1) is 17.3. The van der Waals surface area contributed by atoms with Crippen LogP contribution in [0.3, 0.4) is 0 Å². The molecule has 0 aromatic heterocycles. The van der Waals surface area contributed by atoms with Gasteiger partial charge in [0.2, 0.25) is 0 Å². The minimum Gasteiger partial charge on any atom is -0.458 e. The maximum absolute atomic E-state index is 12.2.